The maximum Gasteiger partial charge on any atom is 0.226 e. The minimum absolute atomic E-state index is 0.0739. The summed E-state index contributed by atoms with van der Waals surface area (Å²) in [6, 6.07) is 15.2. The largest absolute Gasteiger partial charge is 0.326 e. The van der Waals surface area contributed by atoms with Crippen molar-refractivity contribution in [2.24, 2.45) is 0 Å². The molecule has 2 aromatic rings. The second kappa shape index (κ2) is 7.58. The van der Waals surface area contributed by atoms with E-state index in [9.17, 15) is 9.59 Å². The molecular weight excluding hydrogens is 288 g/mol. The van der Waals surface area contributed by atoms with Crippen molar-refractivity contribution in [3.8, 4) is 0 Å². The number of anilines is 2. The Labute approximate surface area is 137 Å². The molecule has 0 fully saturated rings. The zero-order valence-electron chi connectivity index (χ0n) is 13.8. The van der Waals surface area contributed by atoms with E-state index in [1.54, 1.807) is 4.90 Å². The normalized spacial score (nSPS) is 10.2. The molecule has 2 rings (SSSR count). The predicted octanol–water partition coefficient (Wildman–Crippen LogP) is 3.69. The third-order valence-electron chi connectivity index (χ3n) is 3.80. The first-order valence-electron chi connectivity index (χ1n) is 7.67. The van der Waals surface area contributed by atoms with Crippen molar-refractivity contribution < 1.29 is 9.59 Å². The second-order valence-corrected chi connectivity index (χ2v) is 5.60. The Bertz CT molecular complexity index is 696. The summed E-state index contributed by atoms with van der Waals surface area (Å²) in [5, 5.41) is 2.88. The fourth-order valence-electron chi connectivity index (χ4n) is 2.33. The van der Waals surface area contributed by atoms with Gasteiger partial charge in [0.05, 0.1) is 0 Å². The standard InChI is InChI=1S/C19H22N2O2/c1-14-9-10-17(13-15(14)2)20-19(23)11-12-21(16(3)22)18-7-5-4-6-8-18/h4-10,13H,11-12H2,1-3H3,(H,20,23). The molecule has 0 unspecified atom stereocenters. The summed E-state index contributed by atoms with van der Waals surface area (Å²) in [5.41, 5.74) is 3.92. The van der Waals surface area contributed by atoms with Crippen LogP contribution < -0.4 is 10.2 Å². The van der Waals surface area contributed by atoms with Gasteiger partial charge in [-0.1, -0.05) is 24.3 Å². The van der Waals surface area contributed by atoms with Gasteiger partial charge in [0.25, 0.3) is 0 Å². The fraction of sp³-hybridized carbons (Fsp3) is 0.263. The highest BCUT2D eigenvalue weighted by Crippen LogP contribution is 2.16. The van der Waals surface area contributed by atoms with E-state index in [-0.39, 0.29) is 18.2 Å². The smallest absolute Gasteiger partial charge is 0.226 e. The van der Waals surface area contributed by atoms with Gasteiger partial charge in [0.15, 0.2) is 0 Å². The number of nitrogens with one attached hydrogen (secondary N) is 1. The van der Waals surface area contributed by atoms with Crippen LogP contribution in [0.5, 0.6) is 0 Å². The van der Waals surface area contributed by atoms with Crippen molar-refractivity contribution in [1.82, 2.24) is 0 Å². The molecule has 0 saturated heterocycles. The first-order valence-corrected chi connectivity index (χ1v) is 7.67. The predicted molar refractivity (Wildman–Crippen MR) is 93.6 cm³/mol. The second-order valence-electron chi connectivity index (χ2n) is 5.60. The van der Waals surface area contributed by atoms with Crippen LogP contribution >= 0.6 is 0 Å². The molecule has 2 amide bonds. The van der Waals surface area contributed by atoms with Gasteiger partial charge in [-0.3, -0.25) is 9.59 Å². The van der Waals surface area contributed by atoms with Crippen molar-refractivity contribution in [1.29, 1.82) is 0 Å². The maximum absolute atomic E-state index is 12.1. The third kappa shape index (κ3) is 4.68. The van der Waals surface area contributed by atoms with Gasteiger partial charge in [0.2, 0.25) is 11.8 Å². The number of hydrogen-bond donors (Lipinski definition) is 1. The highest BCUT2D eigenvalue weighted by Gasteiger charge is 2.13. The van der Waals surface area contributed by atoms with E-state index in [0.717, 1.165) is 16.9 Å². The van der Waals surface area contributed by atoms with Gasteiger partial charge < -0.3 is 10.2 Å². The fourth-order valence-corrected chi connectivity index (χ4v) is 2.33. The van der Waals surface area contributed by atoms with Crippen LogP contribution in [0.1, 0.15) is 24.5 Å². The molecule has 23 heavy (non-hydrogen) atoms. The molecule has 0 radical (unpaired) electrons. The lowest BCUT2D eigenvalue weighted by Gasteiger charge is -2.20. The molecule has 0 aliphatic heterocycles. The number of aryl methyl sites for hydroxylation is 2. The Hall–Kier alpha value is -2.62. The molecule has 4 heteroatoms. The molecule has 0 aromatic heterocycles. The number of benzene rings is 2. The molecule has 0 saturated carbocycles. The number of carbonyl (C=O) groups is 2. The van der Waals surface area contributed by atoms with E-state index >= 15 is 0 Å². The van der Waals surface area contributed by atoms with E-state index in [1.165, 1.54) is 12.5 Å². The molecule has 1 N–H and O–H groups in total. The zero-order chi connectivity index (χ0) is 16.8. The van der Waals surface area contributed by atoms with Gasteiger partial charge in [-0.25, -0.2) is 0 Å². The van der Waals surface area contributed by atoms with E-state index in [1.807, 2.05) is 62.4 Å². The Kier molecular flexibility index (Phi) is 5.52. The van der Waals surface area contributed by atoms with E-state index in [4.69, 9.17) is 0 Å². The van der Waals surface area contributed by atoms with Crippen LogP contribution in [-0.2, 0) is 9.59 Å². The van der Waals surface area contributed by atoms with Crippen LogP contribution in [0.3, 0.4) is 0 Å². The van der Waals surface area contributed by atoms with Crippen LogP contribution in [0.25, 0.3) is 0 Å². The number of amides is 2. The van der Waals surface area contributed by atoms with Gasteiger partial charge >= 0.3 is 0 Å². The lowest BCUT2D eigenvalue weighted by atomic mass is 10.1. The summed E-state index contributed by atoms with van der Waals surface area (Å²) in [7, 11) is 0. The molecule has 0 aliphatic rings. The van der Waals surface area contributed by atoms with Gasteiger partial charge in [-0.05, 0) is 49.2 Å². The summed E-state index contributed by atoms with van der Waals surface area (Å²) in [6.07, 6.45) is 0.251. The number of hydrogen-bond acceptors (Lipinski definition) is 2. The van der Waals surface area contributed by atoms with Crippen LogP contribution in [0.2, 0.25) is 0 Å². The van der Waals surface area contributed by atoms with Crippen molar-refractivity contribution in [3.05, 3.63) is 59.7 Å². The monoisotopic (exact) mass is 310 g/mol. The average Bonchev–Trinajstić information content (AvgIpc) is 2.52. The third-order valence-corrected chi connectivity index (χ3v) is 3.80. The van der Waals surface area contributed by atoms with Gasteiger partial charge in [0.1, 0.15) is 0 Å². The molecule has 0 heterocycles. The van der Waals surface area contributed by atoms with Crippen LogP contribution in [0.15, 0.2) is 48.5 Å². The Morgan fingerprint density at radius 1 is 1.00 bits per heavy atom. The summed E-state index contributed by atoms with van der Waals surface area (Å²) >= 11 is 0. The SMILES string of the molecule is CC(=O)N(CCC(=O)Nc1ccc(C)c(C)c1)c1ccccc1. The highest BCUT2D eigenvalue weighted by atomic mass is 16.2. The molecule has 0 spiro atoms. The van der Waals surface area contributed by atoms with E-state index in [0.29, 0.717) is 6.54 Å². The maximum atomic E-state index is 12.1. The van der Waals surface area contributed by atoms with Gasteiger partial charge in [-0.15, -0.1) is 0 Å². The van der Waals surface area contributed by atoms with Crippen LogP contribution in [0, 0.1) is 13.8 Å². The summed E-state index contributed by atoms with van der Waals surface area (Å²) in [5.74, 6) is -0.175. The molecule has 2 aromatic carbocycles. The van der Waals surface area contributed by atoms with Crippen molar-refractivity contribution in [2.45, 2.75) is 27.2 Å². The molecule has 0 atom stereocenters. The average molecular weight is 310 g/mol. The molecular formula is C19H22N2O2. The Morgan fingerprint density at radius 3 is 2.30 bits per heavy atom. The Balaban J connectivity index is 1.96. The summed E-state index contributed by atoms with van der Waals surface area (Å²) < 4.78 is 0. The number of para-hydroxylation sites is 1. The van der Waals surface area contributed by atoms with Crippen molar-refractivity contribution >= 4 is 23.2 Å². The minimum Gasteiger partial charge on any atom is -0.326 e. The zero-order valence-corrected chi connectivity index (χ0v) is 13.8. The summed E-state index contributed by atoms with van der Waals surface area (Å²) in [6.45, 7) is 5.91. The first kappa shape index (κ1) is 16.7. The molecule has 4 nitrogen and oxygen atoms in total. The van der Waals surface area contributed by atoms with Gasteiger partial charge in [0, 0.05) is 31.3 Å². The van der Waals surface area contributed by atoms with Crippen LogP contribution in [-0.4, -0.2) is 18.4 Å². The molecule has 0 aliphatic carbocycles. The number of rotatable bonds is 5. The lowest BCUT2D eigenvalue weighted by molar-refractivity contribution is -0.117. The highest BCUT2D eigenvalue weighted by molar-refractivity contribution is 5.94. The van der Waals surface area contributed by atoms with E-state index < -0.39 is 0 Å². The molecule has 120 valence electrons. The molecule has 0 bridgehead atoms. The minimum atomic E-state index is -0.101. The van der Waals surface area contributed by atoms with Gasteiger partial charge in [-0.2, -0.15) is 0 Å². The van der Waals surface area contributed by atoms with Crippen molar-refractivity contribution in [3.63, 3.8) is 0 Å². The lowest BCUT2D eigenvalue weighted by Crippen LogP contribution is -2.31. The Morgan fingerprint density at radius 2 is 1.70 bits per heavy atom. The number of nitrogens with zero attached hydrogens (tertiary/aromatic N) is 1. The topological polar surface area (TPSA) is 49.4 Å². The number of carbonyl (C=O) groups excluding carboxylic acids is 2. The van der Waals surface area contributed by atoms with Crippen molar-refractivity contribution in [2.75, 3.05) is 16.8 Å². The quantitative estimate of drug-likeness (QED) is 0.915. The first-order chi connectivity index (χ1) is 11.0. The summed E-state index contributed by atoms with van der Waals surface area (Å²) in [4.78, 5) is 25.5. The van der Waals surface area contributed by atoms with E-state index in [2.05, 4.69) is 5.32 Å². The van der Waals surface area contributed by atoms with Crippen LogP contribution in [0.4, 0.5) is 11.4 Å².